The third-order valence-corrected chi connectivity index (χ3v) is 6.00. The van der Waals surface area contributed by atoms with Crippen molar-refractivity contribution in [2.24, 2.45) is 0 Å². The summed E-state index contributed by atoms with van der Waals surface area (Å²) in [5, 5.41) is 6.87. The summed E-state index contributed by atoms with van der Waals surface area (Å²) in [4.78, 5) is 30.1. The maximum absolute atomic E-state index is 11.6. The number of nitrogens with zero attached hydrogens (tertiary/aromatic N) is 5. The lowest BCUT2D eigenvalue weighted by molar-refractivity contribution is -0.111. The Bertz CT molecular complexity index is 1400. The van der Waals surface area contributed by atoms with Gasteiger partial charge in [-0.3, -0.25) is 4.79 Å². The third kappa shape index (κ3) is 5.05. The fourth-order valence-electron chi connectivity index (χ4n) is 4.09. The molecule has 1 aliphatic rings. The van der Waals surface area contributed by atoms with Gasteiger partial charge in [-0.1, -0.05) is 30.3 Å². The second-order valence-electron chi connectivity index (χ2n) is 8.44. The number of aromatic nitrogens is 3. The predicted molar refractivity (Wildman–Crippen MR) is 140 cm³/mol. The first-order chi connectivity index (χ1) is 17.1. The van der Waals surface area contributed by atoms with E-state index in [1.807, 2.05) is 54.7 Å². The van der Waals surface area contributed by atoms with Crippen LogP contribution in [0.15, 0.2) is 67.0 Å². The van der Waals surface area contributed by atoms with E-state index in [1.165, 1.54) is 0 Å². The van der Waals surface area contributed by atoms with Crippen LogP contribution in [0.4, 0.5) is 23.1 Å². The van der Waals surface area contributed by atoms with Gasteiger partial charge in [0.25, 0.3) is 5.91 Å². The van der Waals surface area contributed by atoms with Crippen molar-refractivity contribution < 1.29 is 4.79 Å². The van der Waals surface area contributed by atoms with Crippen molar-refractivity contribution in [1.29, 1.82) is 0 Å². The lowest BCUT2D eigenvalue weighted by Gasteiger charge is -2.33. The standard InChI is InChI=1S/C27H25N7O/c1-3-25(35)30-21-8-4-6-19(16-21)23-9-5-7-20-17-29-27(32-26(20)23)31-22-10-11-24(28-18-22)34-14-12-33(2)13-15-34/h1,4-11,16-18H,12-15H2,2H3,(H,30,35)(H,29,31,32). The van der Waals surface area contributed by atoms with Crippen LogP contribution < -0.4 is 15.5 Å². The van der Waals surface area contributed by atoms with Gasteiger partial charge in [0.1, 0.15) is 5.82 Å². The molecule has 2 N–H and O–H groups in total. The summed E-state index contributed by atoms with van der Waals surface area (Å²) in [6, 6.07) is 17.5. The van der Waals surface area contributed by atoms with E-state index in [2.05, 4.69) is 43.4 Å². The van der Waals surface area contributed by atoms with Gasteiger partial charge >= 0.3 is 0 Å². The molecular formula is C27H25N7O. The highest BCUT2D eigenvalue weighted by Gasteiger charge is 2.15. The van der Waals surface area contributed by atoms with Crippen LogP contribution in [0.5, 0.6) is 0 Å². The van der Waals surface area contributed by atoms with Crippen molar-refractivity contribution in [2.75, 3.05) is 48.8 Å². The van der Waals surface area contributed by atoms with E-state index < -0.39 is 5.91 Å². The number of nitrogens with one attached hydrogen (secondary N) is 2. The summed E-state index contributed by atoms with van der Waals surface area (Å²) >= 11 is 0. The summed E-state index contributed by atoms with van der Waals surface area (Å²) < 4.78 is 0. The van der Waals surface area contributed by atoms with Crippen molar-refractivity contribution in [1.82, 2.24) is 19.9 Å². The molecule has 5 rings (SSSR count). The van der Waals surface area contributed by atoms with Gasteiger partial charge in [0.05, 0.1) is 17.4 Å². The van der Waals surface area contributed by atoms with E-state index in [9.17, 15) is 4.79 Å². The molecule has 1 amide bonds. The van der Waals surface area contributed by atoms with Gasteiger partial charge in [-0.25, -0.2) is 15.0 Å². The second-order valence-corrected chi connectivity index (χ2v) is 8.44. The van der Waals surface area contributed by atoms with E-state index in [0.29, 0.717) is 11.6 Å². The highest BCUT2D eigenvalue weighted by Crippen LogP contribution is 2.30. The zero-order chi connectivity index (χ0) is 24.2. The monoisotopic (exact) mass is 463 g/mol. The minimum atomic E-state index is -0.485. The lowest BCUT2D eigenvalue weighted by atomic mass is 10.0. The molecule has 2 aromatic carbocycles. The minimum Gasteiger partial charge on any atom is -0.354 e. The van der Waals surface area contributed by atoms with Crippen LogP contribution in [-0.4, -0.2) is 59.0 Å². The molecule has 0 bridgehead atoms. The Labute approximate surface area is 204 Å². The molecule has 3 heterocycles. The maximum Gasteiger partial charge on any atom is 0.300 e. The Hall–Kier alpha value is -4.48. The number of piperazine rings is 1. The van der Waals surface area contributed by atoms with Gasteiger partial charge < -0.3 is 20.4 Å². The van der Waals surface area contributed by atoms with Crippen molar-refractivity contribution in [2.45, 2.75) is 0 Å². The van der Waals surface area contributed by atoms with Crippen LogP contribution >= 0.6 is 0 Å². The zero-order valence-corrected chi connectivity index (χ0v) is 19.4. The predicted octanol–water partition coefficient (Wildman–Crippen LogP) is 3.76. The van der Waals surface area contributed by atoms with Gasteiger partial charge in [-0.05, 0) is 42.8 Å². The Morgan fingerprint density at radius 3 is 2.57 bits per heavy atom. The van der Waals surface area contributed by atoms with E-state index in [1.54, 1.807) is 12.3 Å². The van der Waals surface area contributed by atoms with E-state index >= 15 is 0 Å². The summed E-state index contributed by atoms with van der Waals surface area (Å²) in [6.07, 6.45) is 8.79. The highest BCUT2D eigenvalue weighted by molar-refractivity contribution is 6.04. The molecule has 4 aromatic rings. The molecule has 0 radical (unpaired) electrons. The molecule has 174 valence electrons. The van der Waals surface area contributed by atoms with Crippen LogP contribution in [0.3, 0.4) is 0 Å². The normalized spacial score (nSPS) is 13.9. The van der Waals surface area contributed by atoms with Crippen LogP contribution in [0, 0.1) is 12.3 Å². The van der Waals surface area contributed by atoms with Gasteiger partial charge in [0, 0.05) is 49.0 Å². The van der Waals surface area contributed by atoms with Gasteiger partial charge in [0.2, 0.25) is 5.95 Å². The molecular weight excluding hydrogens is 438 g/mol. The SMILES string of the molecule is C#CC(=O)Nc1cccc(-c2cccc3cnc(Nc4ccc(N5CCN(C)CC5)nc4)nc23)c1. The van der Waals surface area contributed by atoms with Crippen molar-refractivity contribution in [3.63, 3.8) is 0 Å². The number of terminal acetylenes is 1. The van der Waals surface area contributed by atoms with Crippen LogP contribution in [0.1, 0.15) is 0 Å². The summed E-state index contributed by atoms with van der Waals surface area (Å²) in [5.74, 6) is 3.04. The first-order valence-electron chi connectivity index (χ1n) is 11.4. The molecule has 0 unspecified atom stereocenters. The first kappa shape index (κ1) is 22.3. The largest absolute Gasteiger partial charge is 0.354 e. The Morgan fingerprint density at radius 1 is 0.971 bits per heavy atom. The molecule has 0 spiro atoms. The highest BCUT2D eigenvalue weighted by atomic mass is 16.1. The maximum atomic E-state index is 11.6. The molecule has 0 saturated carbocycles. The summed E-state index contributed by atoms with van der Waals surface area (Å²) in [6.45, 7) is 4.02. The smallest absolute Gasteiger partial charge is 0.300 e. The van der Waals surface area contributed by atoms with Crippen LogP contribution in [0.25, 0.3) is 22.0 Å². The number of pyridine rings is 1. The average Bonchev–Trinajstić information content (AvgIpc) is 2.89. The van der Waals surface area contributed by atoms with E-state index in [4.69, 9.17) is 11.4 Å². The Balaban J connectivity index is 1.39. The molecule has 1 saturated heterocycles. The number of likely N-dealkylation sites (N-methyl/N-ethyl adjacent to an activating group) is 1. The molecule has 8 heteroatoms. The van der Waals surface area contributed by atoms with E-state index in [-0.39, 0.29) is 0 Å². The number of rotatable bonds is 5. The topological polar surface area (TPSA) is 86.3 Å². The fraction of sp³-hybridized carbons (Fsp3) is 0.185. The van der Waals surface area contributed by atoms with Gasteiger partial charge in [0.15, 0.2) is 0 Å². The van der Waals surface area contributed by atoms with Crippen molar-refractivity contribution >= 4 is 40.0 Å². The number of carbonyl (C=O) groups is 1. The number of carbonyl (C=O) groups excluding carboxylic acids is 1. The number of para-hydroxylation sites is 1. The Kier molecular flexibility index (Phi) is 6.24. The van der Waals surface area contributed by atoms with Crippen LogP contribution in [0.2, 0.25) is 0 Å². The Morgan fingerprint density at radius 2 is 1.80 bits per heavy atom. The average molecular weight is 464 g/mol. The molecule has 1 aliphatic heterocycles. The molecule has 1 fully saturated rings. The number of hydrogen-bond donors (Lipinski definition) is 2. The summed E-state index contributed by atoms with van der Waals surface area (Å²) in [7, 11) is 2.14. The van der Waals surface area contributed by atoms with E-state index in [0.717, 1.165) is 59.7 Å². The lowest BCUT2D eigenvalue weighted by Crippen LogP contribution is -2.44. The minimum absolute atomic E-state index is 0.482. The third-order valence-electron chi connectivity index (χ3n) is 6.00. The second kappa shape index (κ2) is 9.79. The van der Waals surface area contributed by atoms with Crippen molar-refractivity contribution in [3.05, 3.63) is 67.0 Å². The molecule has 35 heavy (non-hydrogen) atoms. The summed E-state index contributed by atoms with van der Waals surface area (Å²) in [5.41, 5.74) is 4.08. The number of fused-ring (bicyclic) bond motifs is 1. The quantitative estimate of drug-likeness (QED) is 0.436. The molecule has 0 aliphatic carbocycles. The fourth-order valence-corrected chi connectivity index (χ4v) is 4.09. The number of anilines is 4. The number of benzene rings is 2. The van der Waals surface area contributed by atoms with Crippen LogP contribution in [-0.2, 0) is 4.79 Å². The van der Waals surface area contributed by atoms with Gasteiger partial charge in [-0.15, -0.1) is 6.42 Å². The van der Waals surface area contributed by atoms with Crippen molar-refractivity contribution in [3.8, 4) is 23.5 Å². The van der Waals surface area contributed by atoms with Gasteiger partial charge in [-0.2, -0.15) is 0 Å². The zero-order valence-electron chi connectivity index (χ0n) is 19.4. The first-order valence-corrected chi connectivity index (χ1v) is 11.4. The molecule has 0 atom stereocenters. The molecule has 2 aromatic heterocycles. The number of amides is 1. The molecule has 8 nitrogen and oxygen atoms in total. The number of hydrogen-bond acceptors (Lipinski definition) is 7.